The number of nitrogens with two attached hydrogens (primary N) is 1. The molecule has 1 aromatic carbocycles. The van der Waals surface area contributed by atoms with Crippen LogP contribution in [0.5, 0.6) is 0 Å². The Morgan fingerprint density at radius 3 is 2.89 bits per heavy atom. The summed E-state index contributed by atoms with van der Waals surface area (Å²) < 4.78 is 0. The van der Waals surface area contributed by atoms with Crippen molar-refractivity contribution in [1.82, 2.24) is 4.90 Å². The lowest BCUT2D eigenvalue weighted by molar-refractivity contribution is -0.128. The number of carbonyl (C=O) groups excluding carboxylic acids is 1. The van der Waals surface area contributed by atoms with Gasteiger partial charge in [0.2, 0.25) is 5.91 Å². The van der Waals surface area contributed by atoms with Crippen LogP contribution in [0.15, 0.2) is 24.3 Å². The quantitative estimate of drug-likeness (QED) is 0.871. The summed E-state index contributed by atoms with van der Waals surface area (Å²) in [6, 6.07) is 9.08. The van der Waals surface area contributed by atoms with Crippen molar-refractivity contribution in [2.45, 2.75) is 44.8 Å². The van der Waals surface area contributed by atoms with Crippen LogP contribution in [0.2, 0.25) is 0 Å². The third kappa shape index (κ3) is 3.96. The first-order chi connectivity index (χ1) is 9.04. The van der Waals surface area contributed by atoms with Gasteiger partial charge in [-0.2, -0.15) is 0 Å². The summed E-state index contributed by atoms with van der Waals surface area (Å²) in [6.45, 7) is 2.23. The molecule has 1 amide bonds. The van der Waals surface area contributed by atoms with E-state index in [0.717, 1.165) is 30.5 Å². The van der Waals surface area contributed by atoms with Crippen LogP contribution in [0, 0.1) is 0 Å². The van der Waals surface area contributed by atoms with Crippen molar-refractivity contribution in [3.63, 3.8) is 0 Å². The summed E-state index contributed by atoms with van der Waals surface area (Å²) >= 11 is 0. The van der Waals surface area contributed by atoms with Gasteiger partial charge in [0.25, 0.3) is 0 Å². The van der Waals surface area contributed by atoms with Gasteiger partial charge in [0.15, 0.2) is 0 Å². The Morgan fingerprint density at radius 1 is 1.47 bits per heavy atom. The number of nitrogens with zero attached hydrogens (tertiary/aromatic N) is 1. The van der Waals surface area contributed by atoms with Gasteiger partial charge < -0.3 is 16.0 Å². The minimum absolute atomic E-state index is 0.0835. The number of amides is 1. The normalized spacial score (nSPS) is 22.3. The standard InChI is InChI=1S/C15H23N3O/c1-11(19)18(2)10-12-4-3-5-14(8-12)17-15-7-6-13(16)9-15/h3-5,8,13,15,17H,6-7,9-10,16H2,1-2H3. The van der Waals surface area contributed by atoms with E-state index in [1.54, 1.807) is 11.8 Å². The molecule has 0 spiro atoms. The molecule has 19 heavy (non-hydrogen) atoms. The molecule has 1 aliphatic rings. The molecular formula is C15H23N3O. The van der Waals surface area contributed by atoms with E-state index in [1.165, 1.54) is 0 Å². The average molecular weight is 261 g/mol. The predicted molar refractivity (Wildman–Crippen MR) is 77.8 cm³/mol. The van der Waals surface area contributed by atoms with Crippen LogP contribution < -0.4 is 11.1 Å². The van der Waals surface area contributed by atoms with Crippen LogP contribution in [0.1, 0.15) is 31.7 Å². The van der Waals surface area contributed by atoms with Crippen LogP contribution in [-0.2, 0) is 11.3 Å². The van der Waals surface area contributed by atoms with Crippen molar-refractivity contribution in [3.05, 3.63) is 29.8 Å². The Labute approximate surface area is 115 Å². The van der Waals surface area contributed by atoms with Gasteiger partial charge in [-0.3, -0.25) is 4.79 Å². The van der Waals surface area contributed by atoms with Gasteiger partial charge in [-0.15, -0.1) is 0 Å². The Balaban J connectivity index is 1.97. The molecule has 4 nitrogen and oxygen atoms in total. The largest absolute Gasteiger partial charge is 0.382 e. The fourth-order valence-corrected chi connectivity index (χ4v) is 2.53. The Morgan fingerprint density at radius 2 is 2.26 bits per heavy atom. The molecule has 2 rings (SSSR count). The molecule has 3 N–H and O–H groups in total. The molecule has 0 radical (unpaired) electrons. The molecule has 2 unspecified atom stereocenters. The van der Waals surface area contributed by atoms with Gasteiger partial charge >= 0.3 is 0 Å². The van der Waals surface area contributed by atoms with E-state index in [4.69, 9.17) is 5.73 Å². The van der Waals surface area contributed by atoms with Gasteiger partial charge in [-0.1, -0.05) is 12.1 Å². The molecular weight excluding hydrogens is 238 g/mol. The van der Waals surface area contributed by atoms with Crippen molar-refractivity contribution < 1.29 is 4.79 Å². The van der Waals surface area contributed by atoms with Crippen LogP contribution in [-0.4, -0.2) is 29.9 Å². The maximum Gasteiger partial charge on any atom is 0.219 e. The molecule has 0 heterocycles. The first-order valence-electron chi connectivity index (χ1n) is 6.87. The van der Waals surface area contributed by atoms with Crippen molar-refractivity contribution in [2.75, 3.05) is 12.4 Å². The highest BCUT2D eigenvalue weighted by Gasteiger charge is 2.21. The van der Waals surface area contributed by atoms with Gasteiger partial charge in [-0.25, -0.2) is 0 Å². The van der Waals surface area contributed by atoms with Crippen LogP contribution in [0.3, 0.4) is 0 Å². The van der Waals surface area contributed by atoms with Crippen molar-refractivity contribution in [2.24, 2.45) is 5.73 Å². The summed E-state index contributed by atoms with van der Waals surface area (Å²) in [5.41, 5.74) is 8.19. The topological polar surface area (TPSA) is 58.4 Å². The van der Waals surface area contributed by atoms with Crippen molar-refractivity contribution >= 4 is 11.6 Å². The average Bonchev–Trinajstić information content (AvgIpc) is 2.75. The molecule has 2 atom stereocenters. The van der Waals surface area contributed by atoms with Crippen molar-refractivity contribution in [1.29, 1.82) is 0 Å². The fraction of sp³-hybridized carbons (Fsp3) is 0.533. The van der Waals surface area contributed by atoms with Crippen molar-refractivity contribution in [3.8, 4) is 0 Å². The molecule has 1 aromatic rings. The lowest BCUT2D eigenvalue weighted by Crippen LogP contribution is -2.23. The maximum absolute atomic E-state index is 11.2. The molecule has 1 fully saturated rings. The third-order valence-corrected chi connectivity index (χ3v) is 3.73. The van der Waals surface area contributed by atoms with E-state index in [0.29, 0.717) is 18.6 Å². The number of benzene rings is 1. The molecule has 0 bridgehead atoms. The molecule has 1 saturated carbocycles. The maximum atomic E-state index is 11.2. The van der Waals surface area contributed by atoms with Gasteiger partial charge in [0, 0.05) is 38.3 Å². The number of hydrogen-bond donors (Lipinski definition) is 2. The summed E-state index contributed by atoms with van der Waals surface area (Å²) in [7, 11) is 1.82. The number of nitrogens with one attached hydrogen (secondary N) is 1. The molecule has 0 saturated heterocycles. The highest BCUT2D eigenvalue weighted by molar-refractivity contribution is 5.72. The Bertz CT molecular complexity index is 447. The van der Waals surface area contributed by atoms with E-state index in [2.05, 4.69) is 17.4 Å². The number of anilines is 1. The lowest BCUT2D eigenvalue weighted by Gasteiger charge is -2.17. The van der Waals surface area contributed by atoms with Crippen LogP contribution in [0.4, 0.5) is 5.69 Å². The summed E-state index contributed by atoms with van der Waals surface area (Å²) in [5, 5.41) is 3.53. The van der Waals surface area contributed by atoms with Gasteiger partial charge in [0.05, 0.1) is 0 Å². The minimum Gasteiger partial charge on any atom is -0.382 e. The second-order valence-corrected chi connectivity index (χ2v) is 5.49. The first kappa shape index (κ1) is 13.9. The van der Waals surface area contributed by atoms with E-state index in [-0.39, 0.29) is 5.91 Å². The fourth-order valence-electron chi connectivity index (χ4n) is 2.53. The zero-order valence-corrected chi connectivity index (χ0v) is 11.7. The highest BCUT2D eigenvalue weighted by atomic mass is 16.2. The molecule has 104 valence electrons. The van der Waals surface area contributed by atoms with E-state index in [9.17, 15) is 4.79 Å². The van der Waals surface area contributed by atoms with E-state index in [1.807, 2.05) is 19.2 Å². The SMILES string of the molecule is CC(=O)N(C)Cc1cccc(NC2CCC(N)C2)c1. The second kappa shape index (κ2) is 6.06. The zero-order chi connectivity index (χ0) is 13.8. The highest BCUT2D eigenvalue weighted by Crippen LogP contribution is 2.22. The third-order valence-electron chi connectivity index (χ3n) is 3.73. The zero-order valence-electron chi connectivity index (χ0n) is 11.7. The molecule has 0 aromatic heterocycles. The van der Waals surface area contributed by atoms with E-state index < -0.39 is 0 Å². The predicted octanol–water partition coefficient (Wildman–Crippen LogP) is 1.96. The number of carbonyl (C=O) groups is 1. The molecule has 1 aliphatic carbocycles. The minimum atomic E-state index is 0.0835. The summed E-state index contributed by atoms with van der Waals surface area (Å²) in [5.74, 6) is 0.0835. The van der Waals surface area contributed by atoms with Gasteiger partial charge in [-0.05, 0) is 37.0 Å². The molecule has 0 aliphatic heterocycles. The monoisotopic (exact) mass is 261 g/mol. The summed E-state index contributed by atoms with van der Waals surface area (Å²) in [4.78, 5) is 13.0. The first-order valence-corrected chi connectivity index (χ1v) is 6.87. The van der Waals surface area contributed by atoms with Crippen LogP contribution in [0.25, 0.3) is 0 Å². The Hall–Kier alpha value is -1.55. The van der Waals surface area contributed by atoms with Gasteiger partial charge in [0.1, 0.15) is 0 Å². The number of rotatable bonds is 4. The summed E-state index contributed by atoms with van der Waals surface area (Å²) in [6.07, 6.45) is 3.28. The second-order valence-electron chi connectivity index (χ2n) is 5.49. The smallest absolute Gasteiger partial charge is 0.219 e. The van der Waals surface area contributed by atoms with Crippen LogP contribution >= 0.6 is 0 Å². The molecule has 4 heteroatoms. The Kier molecular flexibility index (Phi) is 4.43. The van der Waals surface area contributed by atoms with E-state index >= 15 is 0 Å². The lowest BCUT2D eigenvalue weighted by atomic mass is 10.1. The number of hydrogen-bond acceptors (Lipinski definition) is 3.